The molecule has 150 valence electrons. The van der Waals surface area contributed by atoms with Crippen molar-refractivity contribution in [1.29, 1.82) is 0 Å². The van der Waals surface area contributed by atoms with Crippen LogP contribution in [-0.2, 0) is 0 Å². The lowest BCUT2D eigenvalue weighted by atomic mass is 9.92. The highest BCUT2D eigenvalue weighted by atomic mass is 16.6. The molecule has 0 bridgehead atoms. The van der Waals surface area contributed by atoms with E-state index in [1.165, 1.54) is 0 Å². The number of rotatable bonds is 3. The van der Waals surface area contributed by atoms with E-state index in [2.05, 4.69) is 22.4 Å². The van der Waals surface area contributed by atoms with Gasteiger partial charge in [-0.25, -0.2) is 15.0 Å². The summed E-state index contributed by atoms with van der Waals surface area (Å²) < 4.78 is 11.4. The predicted octanol–water partition coefficient (Wildman–Crippen LogP) is 3.45. The van der Waals surface area contributed by atoms with Crippen LogP contribution in [0.25, 0.3) is 22.0 Å². The summed E-state index contributed by atoms with van der Waals surface area (Å²) in [6, 6.07) is 8.89. The Hall–Kier alpha value is -2.93. The molecule has 2 aliphatic rings. The normalized spacial score (nSPS) is 21.2. The molecule has 0 unspecified atom stereocenters. The van der Waals surface area contributed by atoms with Gasteiger partial charge in [0, 0.05) is 29.2 Å². The first-order chi connectivity index (χ1) is 14.2. The number of anilines is 1. The van der Waals surface area contributed by atoms with Gasteiger partial charge < -0.3 is 20.5 Å². The molecule has 0 saturated heterocycles. The van der Waals surface area contributed by atoms with Gasteiger partial charge in [0.05, 0.1) is 11.2 Å². The molecule has 0 amide bonds. The van der Waals surface area contributed by atoms with Crippen LogP contribution in [0.3, 0.4) is 0 Å². The summed E-state index contributed by atoms with van der Waals surface area (Å²) in [5.41, 5.74) is 9.90. The van der Waals surface area contributed by atoms with E-state index in [-0.39, 0.29) is 0 Å². The molecule has 7 heteroatoms. The fraction of sp³-hybridized carbons (Fsp3) is 0.409. The van der Waals surface area contributed by atoms with Crippen LogP contribution < -0.4 is 20.5 Å². The molecular weight excluding hydrogens is 366 g/mol. The highest BCUT2D eigenvalue weighted by Crippen LogP contribution is 2.39. The minimum Gasteiger partial charge on any atom is -0.484 e. The SMILES string of the molecule is Cc1nc(N[C@H]2CC[C@@H](N)CC2)nc2ccc(-c3ccnc4c3OCCO4)cc12. The number of ether oxygens (including phenoxy) is 2. The molecule has 3 heterocycles. The highest BCUT2D eigenvalue weighted by molar-refractivity contribution is 5.88. The number of hydrogen-bond acceptors (Lipinski definition) is 7. The molecule has 0 spiro atoms. The van der Waals surface area contributed by atoms with Crippen LogP contribution in [-0.4, -0.2) is 40.2 Å². The van der Waals surface area contributed by atoms with Gasteiger partial charge in [0.2, 0.25) is 5.95 Å². The quantitative estimate of drug-likeness (QED) is 0.706. The van der Waals surface area contributed by atoms with E-state index in [1.807, 2.05) is 19.1 Å². The molecule has 1 saturated carbocycles. The Morgan fingerprint density at radius 3 is 2.72 bits per heavy atom. The largest absolute Gasteiger partial charge is 0.484 e. The maximum Gasteiger partial charge on any atom is 0.257 e. The van der Waals surface area contributed by atoms with Gasteiger partial charge in [0.25, 0.3) is 5.88 Å². The fourth-order valence-corrected chi connectivity index (χ4v) is 4.14. The number of benzene rings is 1. The Kier molecular flexibility index (Phi) is 4.67. The predicted molar refractivity (Wildman–Crippen MR) is 112 cm³/mol. The van der Waals surface area contributed by atoms with Crippen molar-refractivity contribution < 1.29 is 9.47 Å². The third-order valence-electron chi connectivity index (χ3n) is 5.74. The molecule has 5 rings (SSSR count). The van der Waals surface area contributed by atoms with Gasteiger partial charge >= 0.3 is 0 Å². The Bertz CT molecular complexity index is 1050. The smallest absolute Gasteiger partial charge is 0.257 e. The van der Waals surface area contributed by atoms with Gasteiger partial charge in [-0.3, -0.25) is 0 Å². The minimum absolute atomic E-state index is 0.332. The average molecular weight is 391 g/mol. The van der Waals surface area contributed by atoms with Crippen LogP contribution in [0, 0.1) is 6.92 Å². The lowest BCUT2D eigenvalue weighted by Crippen LogP contribution is -2.33. The molecule has 2 aromatic heterocycles. The fourth-order valence-electron chi connectivity index (χ4n) is 4.14. The van der Waals surface area contributed by atoms with Gasteiger partial charge in [0.1, 0.15) is 13.2 Å². The molecule has 0 radical (unpaired) electrons. The zero-order valence-corrected chi connectivity index (χ0v) is 16.5. The second-order valence-corrected chi connectivity index (χ2v) is 7.81. The Morgan fingerprint density at radius 2 is 1.86 bits per heavy atom. The van der Waals surface area contributed by atoms with Crippen molar-refractivity contribution in [2.24, 2.45) is 5.73 Å². The summed E-state index contributed by atoms with van der Waals surface area (Å²) in [6.07, 6.45) is 5.98. The van der Waals surface area contributed by atoms with Crippen molar-refractivity contribution in [1.82, 2.24) is 15.0 Å². The first kappa shape index (κ1) is 18.1. The maximum absolute atomic E-state index is 6.01. The third-order valence-corrected chi connectivity index (χ3v) is 5.74. The standard InChI is InChI=1S/C22H25N5O2/c1-13-18-12-14(17-8-9-24-21-20(17)28-10-11-29-21)2-7-19(18)27-22(25-13)26-16-5-3-15(23)4-6-16/h2,7-9,12,15-16H,3-6,10-11,23H2,1H3,(H,25,26,27)/t15-,16+. The highest BCUT2D eigenvalue weighted by Gasteiger charge is 2.21. The molecule has 1 aromatic carbocycles. The molecule has 1 aliphatic heterocycles. The second-order valence-electron chi connectivity index (χ2n) is 7.81. The summed E-state index contributed by atoms with van der Waals surface area (Å²) in [4.78, 5) is 13.7. The van der Waals surface area contributed by atoms with Crippen LogP contribution >= 0.6 is 0 Å². The molecule has 7 nitrogen and oxygen atoms in total. The zero-order chi connectivity index (χ0) is 19.8. The number of pyridine rings is 1. The monoisotopic (exact) mass is 391 g/mol. The first-order valence-electron chi connectivity index (χ1n) is 10.2. The van der Waals surface area contributed by atoms with E-state index < -0.39 is 0 Å². The van der Waals surface area contributed by atoms with Crippen LogP contribution in [0.1, 0.15) is 31.4 Å². The van der Waals surface area contributed by atoms with Crippen molar-refractivity contribution in [3.05, 3.63) is 36.2 Å². The summed E-state index contributed by atoms with van der Waals surface area (Å²) in [7, 11) is 0. The van der Waals surface area contributed by atoms with Crippen molar-refractivity contribution in [3.63, 3.8) is 0 Å². The average Bonchev–Trinajstić information content (AvgIpc) is 2.75. The Balaban J connectivity index is 1.46. The van der Waals surface area contributed by atoms with E-state index in [4.69, 9.17) is 25.2 Å². The van der Waals surface area contributed by atoms with Crippen molar-refractivity contribution in [2.45, 2.75) is 44.7 Å². The first-order valence-corrected chi connectivity index (χ1v) is 10.2. The number of nitrogens with one attached hydrogen (secondary N) is 1. The number of nitrogens with two attached hydrogens (primary N) is 1. The van der Waals surface area contributed by atoms with Gasteiger partial charge in [-0.05, 0) is 56.4 Å². The van der Waals surface area contributed by atoms with E-state index in [1.54, 1.807) is 6.20 Å². The van der Waals surface area contributed by atoms with Crippen LogP contribution in [0.5, 0.6) is 11.6 Å². The number of aryl methyl sites for hydroxylation is 1. The van der Waals surface area contributed by atoms with E-state index in [0.29, 0.717) is 42.9 Å². The molecule has 29 heavy (non-hydrogen) atoms. The van der Waals surface area contributed by atoms with Gasteiger partial charge in [-0.15, -0.1) is 0 Å². The molecule has 1 aliphatic carbocycles. The zero-order valence-electron chi connectivity index (χ0n) is 16.5. The van der Waals surface area contributed by atoms with Crippen LogP contribution in [0.4, 0.5) is 5.95 Å². The Morgan fingerprint density at radius 1 is 1.03 bits per heavy atom. The topological polar surface area (TPSA) is 95.2 Å². The van der Waals surface area contributed by atoms with Crippen molar-refractivity contribution in [3.8, 4) is 22.8 Å². The summed E-state index contributed by atoms with van der Waals surface area (Å²) in [5.74, 6) is 1.94. The van der Waals surface area contributed by atoms with E-state index in [0.717, 1.165) is 53.4 Å². The van der Waals surface area contributed by atoms with Gasteiger partial charge in [-0.2, -0.15) is 0 Å². The van der Waals surface area contributed by atoms with Gasteiger partial charge in [0.15, 0.2) is 5.75 Å². The van der Waals surface area contributed by atoms with Crippen molar-refractivity contribution >= 4 is 16.9 Å². The molecule has 3 aromatic rings. The lowest BCUT2D eigenvalue weighted by Gasteiger charge is -2.27. The summed E-state index contributed by atoms with van der Waals surface area (Å²) in [6.45, 7) is 3.08. The number of hydrogen-bond donors (Lipinski definition) is 2. The third kappa shape index (κ3) is 3.58. The van der Waals surface area contributed by atoms with Crippen LogP contribution in [0.15, 0.2) is 30.5 Å². The Labute approximate surface area is 169 Å². The lowest BCUT2D eigenvalue weighted by molar-refractivity contribution is 0.165. The molecular formula is C22H25N5O2. The van der Waals surface area contributed by atoms with E-state index >= 15 is 0 Å². The summed E-state index contributed by atoms with van der Waals surface area (Å²) >= 11 is 0. The number of fused-ring (bicyclic) bond motifs is 2. The van der Waals surface area contributed by atoms with Crippen molar-refractivity contribution in [2.75, 3.05) is 18.5 Å². The minimum atomic E-state index is 0.332. The number of aromatic nitrogens is 3. The van der Waals surface area contributed by atoms with Crippen LogP contribution in [0.2, 0.25) is 0 Å². The maximum atomic E-state index is 6.01. The molecule has 0 atom stereocenters. The number of nitrogens with zero attached hydrogens (tertiary/aromatic N) is 3. The second kappa shape index (κ2) is 7.48. The van der Waals surface area contributed by atoms with E-state index in [9.17, 15) is 0 Å². The molecule has 1 fully saturated rings. The summed E-state index contributed by atoms with van der Waals surface area (Å²) in [5, 5.41) is 4.53. The molecule has 3 N–H and O–H groups in total. The van der Waals surface area contributed by atoms with Gasteiger partial charge in [-0.1, -0.05) is 6.07 Å².